The molecule has 0 aliphatic carbocycles. The molecular weight excluding hydrogens is 452 g/mol. The van der Waals surface area contributed by atoms with Crippen LogP contribution in [0.4, 0.5) is 5.69 Å². The van der Waals surface area contributed by atoms with E-state index in [9.17, 15) is 13.2 Å². The number of nitrogens with one attached hydrogen (secondary N) is 1. The van der Waals surface area contributed by atoms with Crippen molar-refractivity contribution < 1.29 is 22.7 Å². The number of nitrogens with zero attached hydrogens (tertiary/aromatic N) is 1. The van der Waals surface area contributed by atoms with Crippen molar-refractivity contribution in [2.24, 2.45) is 0 Å². The zero-order chi connectivity index (χ0) is 23.1. The van der Waals surface area contributed by atoms with E-state index in [1.165, 1.54) is 26.4 Å². The fourth-order valence-corrected chi connectivity index (χ4v) is 4.57. The Morgan fingerprint density at radius 2 is 1.59 bits per heavy atom. The van der Waals surface area contributed by atoms with Crippen LogP contribution in [0.1, 0.15) is 5.56 Å². The van der Waals surface area contributed by atoms with Gasteiger partial charge in [-0.25, -0.2) is 8.42 Å². The van der Waals surface area contributed by atoms with Crippen LogP contribution in [0.5, 0.6) is 11.5 Å². The standard InChI is InChI=1S/C23H23ClN2O5S/c1-30-21-13-12-19(14-22(21)31-2)25-23(27)16-26(15-17-8-10-18(24)11-9-17)32(28,29)20-6-4-3-5-7-20/h3-14H,15-16H2,1-2H3,(H,25,27). The van der Waals surface area contributed by atoms with E-state index in [0.717, 1.165) is 4.31 Å². The minimum Gasteiger partial charge on any atom is -0.493 e. The van der Waals surface area contributed by atoms with Crippen LogP contribution >= 0.6 is 11.6 Å². The van der Waals surface area contributed by atoms with E-state index in [1.54, 1.807) is 60.7 Å². The Balaban J connectivity index is 1.84. The monoisotopic (exact) mass is 474 g/mol. The van der Waals surface area contributed by atoms with Gasteiger partial charge in [-0.3, -0.25) is 4.79 Å². The number of rotatable bonds is 9. The summed E-state index contributed by atoms with van der Waals surface area (Å²) < 4.78 is 38.1. The second-order valence-corrected chi connectivity index (χ2v) is 9.20. The maximum Gasteiger partial charge on any atom is 0.243 e. The van der Waals surface area contributed by atoms with Crippen LogP contribution in [-0.4, -0.2) is 39.4 Å². The van der Waals surface area contributed by atoms with E-state index in [2.05, 4.69) is 5.32 Å². The van der Waals surface area contributed by atoms with E-state index >= 15 is 0 Å². The van der Waals surface area contributed by atoms with Gasteiger partial charge in [0.15, 0.2) is 11.5 Å². The Bertz CT molecular complexity index is 1170. The van der Waals surface area contributed by atoms with Gasteiger partial charge in [0.05, 0.1) is 25.7 Å². The largest absolute Gasteiger partial charge is 0.493 e. The molecule has 0 fully saturated rings. The number of halogens is 1. The molecule has 0 aromatic heterocycles. The third-order valence-corrected chi connectivity index (χ3v) is 6.70. The molecule has 9 heteroatoms. The normalized spacial score (nSPS) is 11.2. The highest BCUT2D eigenvalue weighted by atomic mass is 35.5. The van der Waals surface area contributed by atoms with Crippen LogP contribution in [0.25, 0.3) is 0 Å². The van der Waals surface area contributed by atoms with Crippen molar-refractivity contribution in [2.75, 3.05) is 26.1 Å². The minimum absolute atomic E-state index is 0.00769. The number of hydrogen-bond acceptors (Lipinski definition) is 5. The molecule has 1 amide bonds. The predicted octanol–water partition coefficient (Wildman–Crippen LogP) is 4.19. The molecule has 0 unspecified atom stereocenters. The van der Waals surface area contributed by atoms with Crippen molar-refractivity contribution >= 4 is 33.2 Å². The summed E-state index contributed by atoms with van der Waals surface area (Å²) in [6.45, 7) is -0.373. The van der Waals surface area contributed by atoms with Crippen LogP contribution in [-0.2, 0) is 21.4 Å². The number of carbonyl (C=O) groups excluding carboxylic acids is 1. The summed E-state index contributed by atoms with van der Waals surface area (Å²) in [6, 6.07) is 19.7. The molecule has 0 heterocycles. The molecule has 0 saturated carbocycles. The molecule has 1 N–H and O–H groups in total. The molecule has 0 radical (unpaired) electrons. The first-order valence-electron chi connectivity index (χ1n) is 9.65. The Hall–Kier alpha value is -3.07. The summed E-state index contributed by atoms with van der Waals surface area (Å²) in [7, 11) is -0.923. The molecule has 0 spiro atoms. The third kappa shape index (κ3) is 5.79. The summed E-state index contributed by atoms with van der Waals surface area (Å²) in [6.07, 6.45) is 0. The number of carbonyl (C=O) groups is 1. The van der Waals surface area contributed by atoms with Crippen LogP contribution in [0.3, 0.4) is 0 Å². The van der Waals surface area contributed by atoms with E-state index in [-0.39, 0.29) is 18.0 Å². The molecular formula is C23H23ClN2O5S. The lowest BCUT2D eigenvalue weighted by Crippen LogP contribution is -2.37. The average molecular weight is 475 g/mol. The van der Waals surface area contributed by atoms with Crippen molar-refractivity contribution in [2.45, 2.75) is 11.4 Å². The highest BCUT2D eigenvalue weighted by molar-refractivity contribution is 7.89. The predicted molar refractivity (Wildman–Crippen MR) is 124 cm³/mol. The third-order valence-electron chi connectivity index (χ3n) is 4.64. The molecule has 3 aromatic carbocycles. The van der Waals surface area contributed by atoms with Crippen LogP contribution in [0, 0.1) is 0 Å². The number of methoxy groups -OCH3 is 2. The fraction of sp³-hybridized carbons (Fsp3) is 0.174. The lowest BCUT2D eigenvalue weighted by molar-refractivity contribution is -0.116. The van der Waals surface area contributed by atoms with E-state index in [4.69, 9.17) is 21.1 Å². The van der Waals surface area contributed by atoms with Crippen LogP contribution in [0.2, 0.25) is 5.02 Å². The van der Waals surface area contributed by atoms with Crippen LogP contribution in [0.15, 0.2) is 77.7 Å². The van der Waals surface area contributed by atoms with Crippen molar-refractivity contribution in [1.29, 1.82) is 0 Å². The number of amides is 1. The second kappa shape index (κ2) is 10.5. The topological polar surface area (TPSA) is 84.9 Å². The second-order valence-electron chi connectivity index (χ2n) is 6.83. The summed E-state index contributed by atoms with van der Waals surface area (Å²) in [5, 5.41) is 3.25. The highest BCUT2D eigenvalue weighted by Gasteiger charge is 2.27. The zero-order valence-electron chi connectivity index (χ0n) is 17.6. The van der Waals surface area contributed by atoms with Gasteiger partial charge < -0.3 is 14.8 Å². The number of benzene rings is 3. The minimum atomic E-state index is -3.93. The van der Waals surface area contributed by atoms with Gasteiger partial charge in [0.1, 0.15) is 0 Å². The molecule has 168 valence electrons. The Morgan fingerprint density at radius 1 is 0.938 bits per heavy atom. The molecule has 0 aliphatic heterocycles. The van der Waals surface area contributed by atoms with Gasteiger partial charge in [0.2, 0.25) is 15.9 Å². The van der Waals surface area contributed by atoms with Crippen molar-refractivity contribution in [3.05, 3.63) is 83.4 Å². The Labute approximate surface area is 192 Å². The molecule has 0 atom stereocenters. The number of anilines is 1. The fourth-order valence-electron chi connectivity index (χ4n) is 3.04. The SMILES string of the molecule is COc1ccc(NC(=O)CN(Cc2ccc(Cl)cc2)S(=O)(=O)c2ccccc2)cc1OC. The van der Waals surface area contributed by atoms with Crippen LogP contribution < -0.4 is 14.8 Å². The van der Waals surface area contributed by atoms with Crippen molar-refractivity contribution in [1.82, 2.24) is 4.31 Å². The first-order valence-corrected chi connectivity index (χ1v) is 11.5. The molecule has 0 bridgehead atoms. The Kier molecular flexibility index (Phi) is 7.74. The van der Waals surface area contributed by atoms with E-state index in [1.807, 2.05) is 0 Å². The van der Waals surface area contributed by atoms with E-state index < -0.39 is 15.9 Å². The first-order chi connectivity index (χ1) is 15.3. The van der Waals surface area contributed by atoms with Gasteiger partial charge in [-0.15, -0.1) is 0 Å². The molecule has 3 aromatic rings. The molecule has 3 rings (SSSR count). The van der Waals surface area contributed by atoms with E-state index in [0.29, 0.717) is 27.8 Å². The van der Waals surface area contributed by atoms with Gasteiger partial charge in [-0.05, 0) is 42.0 Å². The summed E-state index contributed by atoms with van der Waals surface area (Å²) in [4.78, 5) is 12.9. The van der Waals surface area contributed by atoms with Gasteiger partial charge in [-0.2, -0.15) is 4.31 Å². The zero-order valence-corrected chi connectivity index (χ0v) is 19.2. The quantitative estimate of drug-likeness (QED) is 0.502. The summed E-state index contributed by atoms with van der Waals surface area (Å²) in [5.41, 5.74) is 1.16. The smallest absolute Gasteiger partial charge is 0.243 e. The van der Waals surface area contributed by atoms with Crippen molar-refractivity contribution in [3.63, 3.8) is 0 Å². The number of sulfonamides is 1. The highest BCUT2D eigenvalue weighted by Crippen LogP contribution is 2.29. The van der Waals surface area contributed by atoms with Gasteiger partial charge in [0, 0.05) is 23.3 Å². The molecule has 7 nitrogen and oxygen atoms in total. The average Bonchev–Trinajstić information content (AvgIpc) is 2.80. The van der Waals surface area contributed by atoms with Gasteiger partial charge >= 0.3 is 0 Å². The number of hydrogen-bond donors (Lipinski definition) is 1. The molecule has 0 aliphatic rings. The maximum absolute atomic E-state index is 13.3. The first kappa shape index (κ1) is 23.6. The maximum atomic E-state index is 13.3. The molecule has 0 saturated heterocycles. The van der Waals surface area contributed by atoms with Gasteiger partial charge in [-0.1, -0.05) is 41.9 Å². The Morgan fingerprint density at radius 3 is 2.22 bits per heavy atom. The number of ether oxygens (including phenoxy) is 2. The molecule has 32 heavy (non-hydrogen) atoms. The summed E-state index contributed by atoms with van der Waals surface area (Å²) in [5.74, 6) is 0.465. The lowest BCUT2D eigenvalue weighted by atomic mass is 10.2. The lowest BCUT2D eigenvalue weighted by Gasteiger charge is -2.22. The summed E-state index contributed by atoms with van der Waals surface area (Å²) >= 11 is 5.94. The van der Waals surface area contributed by atoms with Gasteiger partial charge in [0.25, 0.3) is 0 Å². The van der Waals surface area contributed by atoms with Crippen molar-refractivity contribution in [3.8, 4) is 11.5 Å².